The van der Waals surface area contributed by atoms with Crippen LogP contribution in [-0.2, 0) is 120 Å². The molecule has 0 saturated carbocycles. The smallest absolute Gasteiger partial charge is 0.246 e. The Balaban J connectivity index is 0.00000158. The van der Waals surface area contributed by atoms with Gasteiger partial charge in [0.2, 0.25) is 148 Å². The summed E-state index contributed by atoms with van der Waals surface area (Å²) >= 11 is 0. The van der Waals surface area contributed by atoms with Crippen LogP contribution in [-0.4, -0.2) is 399 Å². The van der Waals surface area contributed by atoms with Crippen LogP contribution in [0.15, 0.2) is 0 Å². The molecule has 4 saturated heterocycles. The first-order valence-corrected chi connectivity index (χ1v) is 38.0. The topological polar surface area (TPSA) is 1030 Å². The summed E-state index contributed by atoms with van der Waals surface area (Å²) in [7, 11) is 0. The summed E-state index contributed by atoms with van der Waals surface area (Å²) in [5.74, 6) is -20.8. The first kappa shape index (κ1) is 114. The van der Waals surface area contributed by atoms with Gasteiger partial charge >= 0.3 is 0 Å². The van der Waals surface area contributed by atoms with Crippen molar-refractivity contribution in [2.24, 2.45) is 57.3 Å². The molecule has 60 heteroatoms. The lowest BCUT2D eigenvalue weighted by molar-refractivity contribution is -0.143. The fraction of sp³-hybridized carbons (Fsp3) is 0.632. The Morgan fingerprint density at radius 1 is 0.258 bits per heavy atom. The van der Waals surface area contributed by atoms with Crippen LogP contribution >= 0.6 is 0 Å². The van der Waals surface area contributed by atoms with Crippen LogP contribution in [0.5, 0.6) is 0 Å². The van der Waals surface area contributed by atoms with Gasteiger partial charge in [0.25, 0.3) is 0 Å². The van der Waals surface area contributed by atoms with Gasteiger partial charge in [-0.15, -0.1) is 0 Å². The molecule has 720 valence electrons. The van der Waals surface area contributed by atoms with E-state index in [1.54, 1.807) is 0 Å². The fourth-order valence-corrected chi connectivity index (χ4v) is 12.0. The van der Waals surface area contributed by atoms with E-state index in [9.17, 15) is 145 Å². The number of likely N-dealkylation sites (tertiary alicyclic amines) is 4. The summed E-state index contributed by atoms with van der Waals surface area (Å²) in [5.41, 5.74) is 50.7. The number of carbonyl (C=O) groups is 25. The van der Waals surface area contributed by atoms with Gasteiger partial charge in [-0.05, 0) is 0 Å². The average molecular weight is 1840 g/mol. The highest BCUT2D eigenvalue weighted by Crippen LogP contribution is 2.24. The Bertz CT molecular complexity index is 3960. The highest BCUT2D eigenvalue weighted by Gasteiger charge is 2.46. The summed E-state index contributed by atoms with van der Waals surface area (Å²) in [6, 6.07) is -19.8. The minimum Gasteiger partial charge on any atom is -0.394 e. The van der Waals surface area contributed by atoms with Gasteiger partial charge < -0.3 is 186 Å². The van der Waals surface area contributed by atoms with Crippen LogP contribution in [0.4, 0.5) is 0 Å². The molecular formula is C68H113N25O35. The van der Waals surface area contributed by atoms with Crippen molar-refractivity contribution < 1.29 is 171 Å². The van der Waals surface area contributed by atoms with E-state index in [1.165, 1.54) is 13.8 Å². The summed E-state index contributed by atoms with van der Waals surface area (Å²) in [6.45, 7) is 0.791. The van der Waals surface area contributed by atoms with Crippen LogP contribution in [0.25, 0.3) is 0 Å². The van der Waals surface area contributed by atoms with Gasteiger partial charge in [-0.3, -0.25) is 120 Å². The van der Waals surface area contributed by atoms with Gasteiger partial charge in [0.1, 0.15) is 90.6 Å². The Morgan fingerprint density at radius 2 is 0.445 bits per heavy atom. The second-order valence-electron chi connectivity index (χ2n) is 28.7. The number of carbonyl (C=O) groups excluding carboxylic acids is 25. The number of amides is 25. The predicted octanol–water partition coefficient (Wildman–Crippen LogP) is -24.0. The predicted molar refractivity (Wildman–Crippen MR) is 422 cm³/mol. The van der Waals surface area contributed by atoms with Crippen LogP contribution in [0.1, 0.15) is 92.4 Å². The molecule has 4 aliphatic heterocycles. The molecule has 4 fully saturated rings. The highest BCUT2D eigenvalue weighted by molar-refractivity contribution is 6.02. The molecule has 0 aromatic rings. The second-order valence-corrected chi connectivity index (χ2v) is 28.7. The molecule has 0 aromatic carbocycles. The lowest BCUT2D eigenvalue weighted by atomic mass is 10.1. The first-order valence-electron chi connectivity index (χ1n) is 38.0. The number of primary amides is 10. The van der Waals surface area contributed by atoms with Crippen molar-refractivity contribution in [2.75, 3.05) is 65.8 Å². The first-order chi connectivity index (χ1) is 59.4. The summed E-state index contributed by atoms with van der Waals surface area (Å²) in [6.07, 6.45) is -6.84. The number of nitrogens with zero attached hydrogens (tertiary/aromatic N) is 4. The molecule has 60 nitrogen and oxygen atoms in total. The molecule has 0 spiro atoms. The molecule has 0 radical (unpaired) electrons. The third-order valence-corrected chi connectivity index (χ3v) is 18.1. The number of hydrogen-bond acceptors (Lipinski definition) is 35. The molecule has 4 aliphatic rings. The molecular weight excluding hydrogens is 1730 g/mol. The van der Waals surface area contributed by atoms with Gasteiger partial charge in [0.15, 0.2) is 0 Å². The molecule has 128 heavy (non-hydrogen) atoms. The zero-order chi connectivity index (χ0) is 98.9. The third kappa shape index (κ3) is 40.1. The molecule has 19 atom stereocenters. The van der Waals surface area contributed by atoms with Gasteiger partial charge in [-0.1, -0.05) is 0 Å². The normalized spacial score (nSPS) is 20.1. The Kier molecular flexibility index (Phi) is 49.7. The van der Waals surface area contributed by atoms with E-state index in [0.717, 1.165) is 40.4 Å². The number of rotatable bonds is 42. The van der Waals surface area contributed by atoms with Crippen molar-refractivity contribution in [1.82, 2.24) is 78.1 Å². The number of aliphatic hydroxyl groups is 10. The Morgan fingerprint density at radius 3 is 0.656 bits per heavy atom. The van der Waals surface area contributed by atoms with Crippen molar-refractivity contribution in [2.45, 2.75) is 207 Å². The molecule has 0 aromatic heterocycles. The van der Waals surface area contributed by atoms with E-state index in [4.69, 9.17) is 82.9 Å². The molecule has 25 amide bonds. The van der Waals surface area contributed by atoms with Gasteiger partial charge in [-0.25, -0.2) is 0 Å². The monoisotopic (exact) mass is 1840 g/mol. The number of nitrogens with two attached hydrogens (primary N) is 10. The standard InChI is InChI=1S/C16H25N5O7.2C14H23N5O7.2C12H21N5O7/c1-7(22)20-5-9(24)3-12(20)15(27)19-10(4-13(17)25)16(28)21-6-8(23)2-11(21)14(18)26;1-6(21)17-9(5-20)13(25)18-8(3-11(15)23)14(26)19-4-7(22)2-10(19)12(16)24;1-6(21)19-4-7(22)2-10(19)14(26)17-8(3-11(15)23)13(25)18-9(5-20)12(16)24;2*1-5(20)15-8(4-19)12(24)16-6(2-9(13)21)11(23)17-7(3-18)10(14)22/h8-12,23-24H,2-6H2,1H3,(H2,17,25)(H2,18,26)(H,19,27);7-10,20,22H,2-5H2,1H3,(H2,15,23)(H2,16,24)(H,17,21)(H,18,25);7-10,20,22H,2-5H2,1H3,(H2,15,23)(H2,16,24)(H,17,26)(H,18,25);2*6-8,18-19H,2-4H2,1H3,(H2,13,21)(H2,14,22)(H,15,20)(H,16,24)(H,17,23)/t8?,9-,10+,11?,12?;7?,8-,9-,10?;7-,8+,9+,10?;6-,7+,8-;6-,7-,8+/m10101/s1. The molecule has 6 unspecified atom stereocenters. The summed E-state index contributed by atoms with van der Waals surface area (Å²) < 4.78 is 0. The average Bonchev–Trinajstić information content (AvgIpc) is 1.67. The number of hydrogen-bond donors (Lipinski definition) is 31. The second kappa shape index (κ2) is 55.6. The minimum absolute atomic E-state index is 0.0186. The number of nitrogens with one attached hydrogen (secondary N) is 11. The van der Waals surface area contributed by atoms with Crippen LogP contribution in [0.3, 0.4) is 0 Å². The Labute approximate surface area is 725 Å². The van der Waals surface area contributed by atoms with Crippen molar-refractivity contribution >= 4 is 148 Å². The Hall–Kier alpha value is -13.6. The van der Waals surface area contributed by atoms with E-state index >= 15 is 0 Å². The van der Waals surface area contributed by atoms with Crippen LogP contribution in [0.2, 0.25) is 0 Å². The van der Waals surface area contributed by atoms with E-state index in [0.29, 0.717) is 0 Å². The van der Waals surface area contributed by atoms with E-state index in [1.807, 2.05) is 10.6 Å². The van der Waals surface area contributed by atoms with E-state index in [-0.39, 0.29) is 51.9 Å². The largest absolute Gasteiger partial charge is 0.394 e. The fourth-order valence-electron chi connectivity index (χ4n) is 12.0. The van der Waals surface area contributed by atoms with Gasteiger partial charge in [0, 0.05) is 86.5 Å². The quantitative estimate of drug-likeness (QED) is 0.0270. The van der Waals surface area contributed by atoms with Crippen molar-refractivity contribution in [1.29, 1.82) is 0 Å². The third-order valence-electron chi connectivity index (χ3n) is 18.1. The highest BCUT2D eigenvalue weighted by atomic mass is 16.3. The summed E-state index contributed by atoms with van der Waals surface area (Å²) in [4.78, 5) is 295. The van der Waals surface area contributed by atoms with Crippen molar-refractivity contribution in [3.8, 4) is 0 Å². The zero-order valence-corrected chi connectivity index (χ0v) is 69.6. The lowest BCUT2D eigenvalue weighted by Gasteiger charge is -2.29. The molecule has 0 aliphatic carbocycles. The molecule has 41 N–H and O–H groups in total. The van der Waals surface area contributed by atoms with Crippen molar-refractivity contribution in [3.05, 3.63) is 0 Å². The lowest BCUT2D eigenvalue weighted by Crippen LogP contribution is -2.58. The maximum absolute atomic E-state index is 12.8. The number of β-amino-alcohol motifs (C(OH)–C–C–N with tert-alkyl or cyclic N) is 4. The van der Waals surface area contributed by atoms with Crippen LogP contribution < -0.4 is 116 Å². The van der Waals surface area contributed by atoms with Crippen LogP contribution in [0, 0.1) is 0 Å². The van der Waals surface area contributed by atoms with Gasteiger partial charge in [0.05, 0.1) is 96.2 Å². The van der Waals surface area contributed by atoms with E-state index < -0.39 is 334 Å². The maximum atomic E-state index is 12.8. The zero-order valence-electron chi connectivity index (χ0n) is 69.6. The molecule has 4 heterocycles. The minimum atomic E-state index is -1.49. The summed E-state index contributed by atoms with van der Waals surface area (Å²) in [5, 5.41) is 117. The molecule has 0 bridgehead atoms. The maximum Gasteiger partial charge on any atom is 0.246 e. The van der Waals surface area contributed by atoms with Gasteiger partial charge in [-0.2, -0.15) is 0 Å². The molecule has 4 rings (SSSR count). The van der Waals surface area contributed by atoms with Crippen molar-refractivity contribution in [3.63, 3.8) is 0 Å². The number of aliphatic hydroxyl groups excluding tert-OH is 10. The van der Waals surface area contributed by atoms with E-state index in [2.05, 4.69) is 47.9 Å². The SMILES string of the molecule is CC(=O)N1C[C@H](O)CC1C(=O)N[C@@H](CC(N)=O)C(=O)N1CC(O)CC1C(N)=O.CC(=O)N1C[C@H](O)CC1C(=O)N[C@@H](CC(N)=O)C(=O)N[C@@H](CO)C(N)=O.CC(=O)N[C@@H](CO)C(=O)N[C@@H](CC(N)=O)C(=O)N1CC(O)CC1C(N)=O.CC(=O)N[C@@H](CO)C(=O)N[C@@H](CC(N)=O)C(=O)N[C@H](CO)C(N)=O.CC(=O)N[C@@H](CO)C(=O)N[C@H](CC(N)=O)C(=O)N[C@H](CO)C(N)=O.